The number of carbonyl (C=O) groups is 1. The number of hydrogen-bond acceptors (Lipinski definition) is 3. The first-order valence-electron chi connectivity index (χ1n) is 9.92. The van der Waals surface area contributed by atoms with Crippen molar-refractivity contribution >= 4 is 28.7 Å². The molecule has 3 aromatic rings. The molecule has 30 heavy (non-hydrogen) atoms. The van der Waals surface area contributed by atoms with Gasteiger partial charge in [-0.1, -0.05) is 54.1 Å². The smallest absolute Gasteiger partial charge is 0.335 e. The van der Waals surface area contributed by atoms with Crippen molar-refractivity contribution in [3.8, 4) is 5.88 Å². The van der Waals surface area contributed by atoms with Gasteiger partial charge in [-0.25, -0.2) is 9.78 Å². The summed E-state index contributed by atoms with van der Waals surface area (Å²) in [6, 6.07) is 17.5. The van der Waals surface area contributed by atoms with Crippen LogP contribution in [0, 0.1) is 6.92 Å². The van der Waals surface area contributed by atoms with Crippen LogP contribution in [-0.2, 0) is 6.61 Å². The fraction of sp³-hybridized carbons (Fsp3) is 0.200. The van der Waals surface area contributed by atoms with Crippen molar-refractivity contribution in [1.29, 1.82) is 0 Å². The monoisotopic (exact) mass is 419 g/mol. The average molecular weight is 420 g/mol. The molecule has 2 aromatic carbocycles. The van der Waals surface area contributed by atoms with Crippen LogP contribution in [0.5, 0.6) is 5.88 Å². The Morgan fingerprint density at radius 2 is 1.87 bits per heavy atom. The number of allylic oxidation sites excluding steroid dienone is 2. The number of aryl methyl sites for hydroxylation is 1. The van der Waals surface area contributed by atoms with Crippen LogP contribution in [0.1, 0.15) is 51.9 Å². The van der Waals surface area contributed by atoms with Gasteiger partial charge in [0, 0.05) is 11.8 Å². The van der Waals surface area contributed by atoms with Crippen LogP contribution in [0.15, 0.2) is 60.8 Å². The van der Waals surface area contributed by atoms with Crippen LogP contribution in [0.2, 0.25) is 5.02 Å². The normalized spacial score (nSPS) is 13.5. The number of nitrogens with zero attached hydrogens (tertiary/aromatic N) is 1. The van der Waals surface area contributed by atoms with Gasteiger partial charge in [0.25, 0.3) is 0 Å². The van der Waals surface area contributed by atoms with Gasteiger partial charge < -0.3 is 9.84 Å². The van der Waals surface area contributed by atoms with Crippen molar-refractivity contribution < 1.29 is 14.6 Å². The molecule has 152 valence electrons. The van der Waals surface area contributed by atoms with Crippen LogP contribution in [0.4, 0.5) is 0 Å². The van der Waals surface area contributed by atoms with Crippen molar-refractivity contribution in [2.75, 3.05) is 0 Å². The molecule has 0 saturated carbocycles. The van der Waals surface area contributed by atoms with E-state index in [1.54, 1.807) is 12.3 Å². The van der Waals surface area contributed by atoms with Crippen LogP contribution in [-0.4, -0.2) is 16.1 Å². The zero-order valence-corrected chi connectivity index (χ0v) is 17.4. The molecular formula is C25H22ClNO3. The summed E-state index contributed by atoms with van der Waals surface area (Å²) in [7, 11) is 0. The number of aromatic nitrogens is 1. The second-order valence-corrected chi connectivity index (χ2v) is 7.86. The SMILES string of the molecule is Cc1ccc(C2=C(c3cc(Cl)cnc3OCc3ccccc3)CCC2)cc1C(=O)O. The lowest BCUT2D eigenvalue weighted by Crippen LogP contribution is -2.02. The highest BCUT2D eigenvalue weighted by Gasteiger charge is 2.23. The number of carboxylic acids is 1. The molecule has 1 heterocycles. The Hall–Kier alpha value is -3.11. The number of aromatic carboxylic acids is 1. The van der Waals surface area contributed by atoms with E-state index < -0.39 is 5.97 Å². The Balaban J connectivity index is 1.74. The molecule has 0 atom stereocenters. The van der Waals surface area contributed by atoms with Crippen molar-refractivity contribution in [2.24, 2.45) is 0 Å². The first kappa shape index (κ1) is 20.2. The van der Waals surface area contributed by atoms with Crippen molar-refractivity contribution in [3.05, 3.63) is 93.6 Å². The molecule has 0 bridgehead atoms. The molecule has 0 unspecified atom stereocenters. The number of benzene rings is 2. The fourth-order valence-corrected chi connectivity index (χ4v) is 4.04. The Morgan fingerprint density at radius 1 is 1.10 bits per heavy atom. The van der Waals surface area contributed by atoms with Crippen LogP contribution in [0.3, 0.4) is 0 Å². The summed E-state index contributed by atoms with van der Waals surface area (Å²) in [5, 5.41) is 10.1. The van der Waals surface area contributed by atoms with Crippen molar-refractivity contribution in [1.82, 2.24) is 4.98 Å². The zero-order chi connectivity index (χ0) is 21.1. The zero-order valence-electron chi connectivity index (χ0n) is 16.7. The number of ether oxygens (including phenoxy) is 1. The fourth-order valence-electron chi connectivity index (χ4n) is 3.88. The summed E-state index contributed by atoms with van der Waals surface area (Å²) >= 11 is 6.28. The van der Waals surface area contributed by atoms with E-state index in [0.717, 1.165) is 52.7 Å². The van der Waals surface area contributed by atoms with Gasteiger partial charge in [-0.15, -0.1) is 0 Å². The van der Waals surface area contributed by atoms with Crippen LogP contribution >= 0.6 is 11.6 Å². The van der Waals surface area contributed by atoms with Crippen molar-refractivity contribution in [2.45, 2.75) is 32.8 Å². The van der Waals surface area contributed by atoms with E-state index in [0.29, 0.717) is 23.1 Å². The summed E-state index contributed by atoms with van der Waals surface area (Å²) in [6.07, 6.45) is 4.33. The highest BCUT2D eigenvalue weighted by Crippen LogP contribution is 2.43. The third kappa shape index (κ3) is 4.24. The molecule has 4 nitrogen and oxygen atoms in total. The predicted octanol–water partition coefficient (Wildman–Crippen LogP) is 6.42. The minimum atomic E-state index is -0.911. The van der Waals surface area contributed by atoms with Gasteiger partial charge >= 0.3 is 5.97 Å². The molecule has 0 saturated heterocycles. The van der Waals surface area contributed by atoms with E-state index in [2.05, 4.69) is 4.98 Å². The minimum Gasteiger partial charge on any atom is -0.478 e. The van der Waals surface area contributed by atoms with E-state index in [-0.39, 0.29) is 0 Å². The van der Waals surface area contributed by atoms with Gasteiger partial charge in [-0.2, -0.15) is 0 Å². The van der Waals surface area contributed by atoms with E-state index in [1.165, 1.54) is 0 Å². The van der Waals surface area contributed by atoms with E-state index in [1.807, 2.05) is 55.5 Å². The highest BCUT2D eigenvalue weighted by atomic mass is 35.5. The molecule has 1 N–H and O–H groups in total. The summed E-state index contributed by atoms with van der Waals surface area (Å²) < 4.78 is 6.06. The molecule has 0 amide bonds. The maximum atomic E-state index is 11.6. The molecule has 1 aromatic heterocycles. The molecule has 0 spiro atoms. The van der Waals surface area contributed by atoms with E-state index in [4.69, 9.17) is 16.3 Å². The van der Waals surface area contributed by atoms with Gasteiger partial charge in [-0.3, -0.25) is 0 Å². The van der Waals surface area contributed by atoms with Gasteiger partial charge in [0.1, 0.15) is 6.61 Å². The van der Waals surface area contributed by atoms with E-state index in [9.17, 15) is 9.90 Å². The second kappa shape index (κ2) is 8.72. The summed E-state index contributed by atoms with van der Waals surface area (Å²) in [4.78, 5) is 16.0. The van der Waals surface area contributed by atoms with Gasteiger partial charge in [0.2, 0.25) is 5.88 Å². The summed E-state index contributed by atoms with van der Waals surface area (Å²) in [5.74, 6) is -0.367. The Labute approximate surface area is 180 Å². The molecule has 5 heteroatoms. The Bertz CT molecular complexity index is 1120. The third-order valence-corrected chi connectivity index (χ3v) is 5.60. The minimum absolute atomic E-state index is 0.330. The van der Waals surface area contributed by atoms with Crippen LogP contribution < -0.4 is 4.74 Å². The Morgan fingerprint density at radius 3 is 2.63 bits per heavy atom. The van der Waals surface area contributed by atoms with Gasteiger partial charge in [0.15, 0.2) is 0 Å². The standard InChI is InChI=1S/C25H22ClNO3/c1-16-10-11-18(12-22(16)25(28)29)20-8-5-9-21(20)23-13-19(26)14-27-24(23)30-15-17-6-3-2-4-7-17/h2-4,6-7,10-14H,5,8-9,15H2,1H3,(H,28,29). The topological polar surface area (TPSA) is 59.4 Å². The predicted molar refractivity (Wildman–Crippen MR) is 119 cm³/mol. The first-order valence-corrected chi connectivity index (χ1v) is 10.3. The second-order valence-electron chi connectivity index (χ2n) is 7.43. The lowest BCUT2D eigenvalue weighted by atomic mass is 9.95. The molecular weight excluding hydrogens is 398 g/mol. The number of hydrogen-bond donors (Lipinski definition) is 1. The third-order valence-electron chi connectivity index (χ3n) is 5.40. The lowest BCUT2D eigenvalue weighted by molar-refractivity contribution is 0.0696. The quantitative estimate of drug-likeness (QED) is 0.501. The summed E-state index contributed by atoms with van der Waals surface area (Å²) in [5.41, 5.74) is 6.20. The summed E-state index contributed by atoms with van der Waals surface area (Å²) in [6.45, 7) is 2.23. The Kier molecular flexibility index (Phi) is 5.86. The maximum absolute atomic E-state index is 11.6. The van der Waals surface area contributed by atoms with Gasteiger partial charge in [0.05, 0.1) is 10.6 Å². The molecule has 1 aliphatic carbocycles. The maximum Gasteiger partial charge on any atom is 0.335 e. The number of carboxylic acid groups (broad SMARTS) is 1. The molecule has 0 radical (unpaired) electrons. The molecule has 1 aliphatic rings. The molecule has 4 rings (SSSR count). The number of rotatable bonds is 6. The largest absolute Gasteiger partial charge is 0.478 e. The molecule has 0 aliphatic heterocycles. The average Bonchev–Trinajstić information content (AvgIpc) is 3.23. The highest BCUT2D eigenvalue weighted by molar-refractivity contribution is 6.30. The van der Waals surface area contributed by atoms with Gasteiger partial charge in [-0.05, 0) is 66.2 Å². The first-order chi connectivity index (χ1) is 14.5. The van der Waals surface area contributed by atoms with Crippen molar-refractivity contribution in [3.63, 3.8) is 0 Å². The molecule has 0 fully saturated rings. The van der Waals surface area contributed by atoms with Crippen LogP contribution in [0.25, 0.3) is 11.1 Å². The lowest BCUT2D eigenvalue weighted by Gasteiger charge is -2.14. The van der Waals surface area contributed by atoms with E-state index >= 15 is 0 Å². The number of pyridine rings is 1. The number of halogens is 1.